The molecule has 0 aromatic carbocycles. The Morgan fingerprint density at radius 2 is 2.25 bits per heavy atom. The topological polar surface area (TPSA) is 57.3 Å². The number of rotatable bonds is 7. The van der Waals surface area contributed by atoms with E-state index in [-0.39, 0.29) is 11.6 Å². The number of halogens is 1. The molecule has 20 heavy (non-hydrogen) atoms. The van der Waals surface area contributed by atoms with E-state index in [4.69, 9.17) is 11.6 Å². The first-order chi connectivity index (χ1) is 9.65. The minimum atomic E-state index is -0.223. The lowest BCUT2D eigenvalue weighted by Crippen LogP contribution is -2.36. The van der Waals surface area contributed by atoms with Crippen LogP contribution in [0.15, 0.2) is 12.1 Å². The number of amides is 1. The quantitative estimate of drug-likeness (QED) is 0.808. The molecule has 1 amide bonds. The first kappa shape index (κ1) is 15.1. The molecule has 0 atom stereocenters. The molecule has 0 saturated heterocycles. The summed E-state index contributed by atoms with van der Waals surface area (Å²) in [6, 6.07) is 4.13. The highest BCUT2D eigenvalue weighted by Crippen LogP contribution is 2.25. The van der Waals surface area contributed by atoms with Gasteiger partial charge in [0.2, 0.25) is 0 Å². The van der Waals surface area contributed by atoms with Crippen molar-refractivity contribution in [3.8, 4) is 0 Å². The summed E-state index contributed by atoms with van der Waals surface area (Å²) in [5, 5.41) is 6.15. The number of hydrogen-bond acceptors (Lipinski definition) is 4. The van der Waals surface area contributed by atoms with Crippen LogP contribution < -0.4 is 10.6 Å². The van der Waals surface area contributed by atoms with Crippen molar-refractivity contribution in [2.75, 3.05) is 32.0 Å². The van der Waals surface area contributed by atoms with Gasteiger partial charge in [-0.15, -0.1) is 0 Å². The minimum Gasteiger partial charge on any atom is -0.373 e. The summed E-state index contributed by atoms with van der Waals surface area (Å²) in [5.41, 5.74) is 0.271. The number of aromatic nitrogens is 1. The molecule has 0 bridgehead atoms. The highest BCUT2D eigenvalue weighted by atomic mass is 35.5. The lowest BCUT2D eigenvalue weighted by atomic mass is 10.3. The lowest BCUT2D eigenvalue weighted by molar-refractivity contribution is 0.0943. The van der Waals surface area contributed by atoms with Crippen molar-refractivity contribution in [2.45, 2.75) is 25.8 Å². The first-order valence-corrected chi connectivity index (χ1v) is 7.40. The zero-order chi connectivity index (χ0) is 14.5. The van der Waals surface area contributed by atoms with Crippen LogP contribution in [0.25, 0.3) is 0 Å². The second kappa shape index (κ2) is 6.90. The summed E-state index contributed by atoms with van der Waals surface area (Å²) < 4.78 is 0. The fourth-order valence-electron chi connectivity index (χ4n) is 2.18. The van der Waals surface area contributed by atoms with Gasteiger partial charge in [0.25, 0.3) is 5.91 Å². The van der Waals surface area contributed by atoms with E-state index in [1.54, 1.807) is 19.2 Å². The predicted octanol–water partition coefficient (Wildman–Crippen LogP) is 1.99. The average molecular weight is 297 g/mol. The number of likely N-dealkylation sites (N-methyl/N-ethyl adjacent to an activating group) is 1. The average Bonchev–Trinajstić information content (AvgIpc) is 3.28. The standard InChI is InChI=1S/C14H21ClN4O/c1-3-19(10-4-5-10)9-8-17-14(20)13-11(15)6-7-12(16-2)18-13/h6-7,10H,3-5,8-9H2,1-2H3,(H,16,18)(H,17,20). The van der Waals surface area contributed by atoms with Crippen LogP contribution in [0, 0.1) is 0 Å². The summed E-state index contributed by atoms with van der Waals surface area (Å²) >= 11 is 6.02. The maximum Gasteiger partial charge on any atom is 0.271 e. The van der Waals surface area contributed by atoms with Crippen molar-refractivity contribution in [3.05, 3.63) is 22.8 Å². The lowest BCUT2D eigenvalue weighted by Gasteiger charge is -2.19. The molecule has 6 heteroatoms. The van der Waals surface area contributed by atoms with E-state index in [2.05, 4.69) is 27.4 Å². The SMILES string of the molecule is CCN(CCNC(=O)c1nc(NC)ccc1Cl)C1CC1. The van der Waals surface area contributed by atoms with Crippen molar-refractivity contribution >= 4 is 23.3 Å². The highest BCUT2D eigenvalue weighted by molar-refractivity contribution is 6.33. The van der Waals surface area contributed by atoms with Crippen molar-refractivity contribution in [1.29, 1.82) is 0 Å². The molecule has 1 aromatic rings. The molecule has 1 aliphatic carbocycles. The molecule has 1 saturated carbocycles. The number of nitrogens with one attached hydrogen (secondary N) is 2. The number of carbonyl (C=O) groups is 1. The van der Waals surface area contributed by atoms with E-state index in [9.17, 15) is 4.79 Å². The van der Waals surface area contributed by atoms with Gasteiger partial charge < -0.3 is 10.6 Å². The second-order valence-electron chi connectivity index (χ2n) is 4.89. The van der Waals surface area contributed by atoms with Gasteiger partial charge in [-0.3, -0.25) is 9.69 Å². The zero-order valence-electron chi connectivity index (χ0n) is 11.9. The molecule has 0 unspecified atom stereocenters. The van der Waals surface area contributed by atoms with E-state index in [1.807, 2.05) is 0 Å². The summed E-state index contributed by atoms with van der Waals surface area (Å²) in [5.74, 6) is 0.409. The molecule has 2 rings (SSSR count). The van der Waals surface area contributed by atoms with E-state index < -0.39 is 0 Å². The minimum absolute atomic E-state index is 0.223. The molecule has 0 aliphatic heterocycles. The first-order valence-electron chi connectivity index (χ1n) is 7.02. The van der Waals surface area contributed by atoms with E-state index in [0.717, 1.165) is 13.1 Å². The molecule has 1 aliphatic rings. The van der Waals surface area contributed by atoms with Gasteiger partial charge in [0.15, 0.2) is 0 Å². The van der Waals surface area contributed by atoms with Crippen LogP contribution >= 0.6 is 11.6 Å². The van der Waals surface area contributed by atoms with Crippen LogP contribution in [0.4, 0.5) is 5.82 Å². The number of nitrogens with zero attached hydrogens (tertiary/aromatic N) is 2. The third-order valence-electron chi connectivity index (χ3n) is 3.47. The smallest absolute Gasteiger partial charge is 0.271 e. The fraction of sp³-hybridized carbons (Fsp3) is 0.571. The zero-order valence-corrected chi connectivity index (χ0v) is 12.7. The number of pyridine rings is 1. The Labute approximate surface area is 124 Å². The van der Waals surface area contributed by atoms with E-state index in [1.165, 1.54) is 12.8 Å². The van der Waals surface area contributed by atoms with Crippen LogP contribution in [0.3, 0.4) is 0 Å². The number of hydrogen-bond donors (Lipinski definition) is 2. The van der Waals surface area contributed by atoms with Crippen LogP contribution in [0.1, 0.15) is 30.3 Å². The van der Waals surface area contributed by atoms with Gasteiger partial charge in [-0.2, -0.15) is 0 Å². The Hall–Kier alpha value is -1.33. The van der Waals surface area contributed by atoms with E-state index >= 15 is 0 Å². The van der Waals surface area contributed by atoms with Crippen molar-refractivity contribution in [2.24, 2.45) is 0 Å². The summed E-state index contributed by atoms with van der Waals surface area (Å²) in [6.45, 7) is 4.66. The maximum atomic E-state index is 12.1. The largest absolute Gasteiger partial charge is 0.373 e. The predicted molar refractivity (Wildman–Crippen MR) is 81.4 cm³/mol. The Bertz CT molecular complexity index is 476. The van der Waals surface area contributed by atoms with Crippen molar-refractivity contribution in [3.63, 3.8) is 0 Å². The van der Waals surface area contributed by atoms with Gasteiger partial charge in [0, 0.05) is 26.2 Å². The molecular weight excluding hydrogens is 276 g/mol. The van der Waals surface area contributed by atoms with Crippen molar-refractivity contribution in [1.82, 2.24) is 15.2 Å². The van der Waals surface area contributed by atoms with Gasteiger partial charge in [0.1, 0.15) is 11.5 Å². The Morgan fingerprint density at radius 1 is 1.50 bits per heavy atom. The molecule has 5 nitrogen and oxygen atoms in total. The highest BCUT2D eigenvalue weighted by Gasteiger charge is 2.27. The maximum absolute atomic E-state index is 12.1. The molecule has 0 spiro atoms. The van der Waals surface area contributed by atoms with Crippen LogP contribution in [-0.4, -0.2) is 48.5 Å². The molecule has 1 heterocycles. The monoisotopic (exact) mass is 296 g/mol. The van der Waals surface area contributed by atoms with Gasteiger partial charge >= 0.3 is 0 Å². The molecular formula is C14H21ClN4O. The normalized spacial score (nSPS) is 14.4. The van der Waals surface area contributed by atoms with Gasteiger partial charge in [-0.1, -0.05) is 18.5 Å². The number of anilines is 1. The summed E-state index contributed by atoms with van der Waals surface area (Å²) in [7, 11) is 1.76. The van der Waals surface area contributed by atoms with Crippen LogP contribution in [0.2, 0.25) is 5.02 Å². The molecule has 110 valence electrons. The fourth-order valence-corrected chi connectivity index (χ4v) is 2.37. The molecule has 1 fully saturated rings. The van der Waals surface area contributed by atoms with Gasteiger partial charge in [-0.25, -0.2) is 4.98 Å². The van der Waals surface area contributed by atoms with Gasteiger partial charge in [0.05, 0.1) is 5.02 Å². The Balaban J connectivity index is 1.87. The van der Waals surface area contributed by atoms with Crippen LogP contribution in [0.5, 0.6) is 0 Å². The summed E-state index contributed by atoms with van der Waals surface area (Å²) in [4.78, 5) is 18.7. The van der Waals surface area contributed by atoms with Crippen molar-refractivity contribution < 1.29 is 4.79 Å². The molecule has 2 N–H and O–H groups in total. The second-order valence-corrected chi connectivity index (χ2v) is 5.30. The Morgan fingerprint density at radius 3 is 2.85 bits per heavy atom. The van der Waals surface area contributed by atoms with Crippen LogP contribution in [-0.2, 0) is 0 Å². The third kappa shape index (κ3) is 3.84. The molecule has 0 radical (unpaired) electrons. The van der Waals surface area contributed by atoms with E-state index in [0.29, 0.717) is 23.4 Å². The molecule has 1 aromatic heterocycles. The van der Waals surface area contributed by atoms with Gasteiger partial charge in [-0.05, 0) is 31.5 Å². The third-order valence-corrected chi connectivity index (χ3v) is 3.78. The number of carbonyl (C=O) groups excluding carboxylic acids is 1. The Kier molecular flexibility index (Phi) is 5.20. The summed E-state index contributed by atoms with van der Waals surface area (Å²) in [6.07, 6.45) is 2.55.